The molecule has 1 fully saturated rings. The van der Waals surface area contributed by atoms with E-state index >= 15 is 0 Å². The van der Waals surface area contributed by atoms with Gasteiger partial charge >= 0.3 is 0 Å². The lowest BCUT2D eigenvalue weighted by Crippen LogP contribution is -2.58. The Bertz CT molecular complexity index is 719. The van der Waals surface area contributed by atoms with Gasteiger partial charge in [-0.1, -0.05) is 0 Å². The van der Waals surface area contributed by atoms with Crippen LogP contribution in [0.1, 0.15) is 51.7 Å². The molecule has 6 N–H and O–H groups in total. The lowest BCUT2D eigenvalue weighted by atomic mass is 9.82. The van der Waals surface area contributed by atoms with Crippen LogP contribution in [0.5, 0.6) is 5.75 Å². The minimum absolute atomic E-state index is 0.0122. The summed E-state index contributed by atoms with van der Waals surface area (Å²) >= 11 is 1.29. The Kier molecular flexibility index (Phi) is 5.82. The van der Waals surface area contributed by atoms with E-state index in [0.717, 1.165) is 19.1 Å². The summed E-state index contributed by atoms with van der Waals surface area (Å²) in [7, 11) is 0. The van der Waals surface area contributed by atoms with Gasteiger partial charge in [0.1, 0.15) is 16.6 Å². The van der Waals surface area contributed by atoms with Crippen molar-refractivity contribution in [1.29, 1.82) is 10.8 Å². The van der Waals surface area contributed by atoms with E-state index in [2.05, 4.69) is 33.0 Å². The largest absolute Gasteiger partial charge is 0.507 e. The molecule has 1 aromatic rings. The first-order chi connectivity index (χ1) is 12.0. The number of rotatable bonds is 4. The zero-order chi connectivity index (χ0) is 19.7. The molecule has 1 saturated heterocycles. The first-order valence-corrected chi connectivity index (χ1v) is 9.36. The molecule has 7 heteroatoms. The van der Waals surface area contributed by atoms with Crippen molar-refractivity contribution in [3.63, 3.8) is 0 Å². The second-order valence-corrected chi connectivity index (χ2v) is 9.30. The third-order valence-corrected chi connectivity index (χ3v) is 5.51. The fraction of sp³-hybridized carbons (Fsp3) is 0.474. The summed E-state index contributed by atoms with van der Waals surface area (Å²) in [5.74, 6) is -1.00. The number of phenolic OH excluding ortho intramolecular Hbond substituents is 1. The molecule has 1 aliphatic heterocycles. The molecule has 0 unspecified atom stereocenters. The standard InChI is InChI=1S/C19H27FN4OS/c1-18(2)7-13(8-19(3,4)24-18)26-17(23)16-14(20)5-11(6-15(16)25)12(9-21)10-22/h5-6,9-10,13,21,23-25H,7-8,22H2,1-4H3/b12-10+,21-9?,23-17?. The van der Waals surface area contributed by atoms with Gasteiger partial charge in [0.15, 0.2) is 0 Å². The maximum Gasteiger partial charge on any atom is 0.137 e. The van der Waals surface area contributed by atoms with Gasteiger partial charge in [-0.25, -0.2) is 4.39 Å². The van der Waals surface area contributed by atoms with Crippen LogP contribution in [0.25, 0.3) is 5.57 Å². The second-order valence-electron chi connectivity index (χ2n) is 7.99. The number of nitrogens with two attached hydrogens (primary N) is 1. The van der Waals surface area contributed by atoms with E-state index in [-0.39, 0.29) is 32.7 Å². The highest BCUT2D eigenvalue weighted by Crippen LogP contribution is 2.38. The van der Waals surface area contributed by atoms with Crippen molar-refractivity contribution >= 4 is 28.6 Å². The Hall–Kier alpha value is -1.86. The van der Waals surface area contributed by atoms with Crippen molar-refractivity contribution in [1.82, 2.24) is 5.32 Å². The normalized spacial score (nSPS) is 20.0. The number of thioether (sulfide) groups is 1. The molecule has 0 bridgehead atoms. The van der Waals surface area contributed by atoms with Crippen LogP contribution in [0.2, 0.25) is 0 Å². The third-order valence-electron chi connectivity index (χ3n) is 4.40. The van der Waals surface area contributed by atoms with Crippen molar-refractivity contribution in [3.05, 3.63) is 35.3 Å². The Morgan fingerprint density at radius 2 is 1.88 bits per heavy atom. The monoisotopic (exact) mass is 378 g/mol. The number of hydrogen-bond acceptors (Lipinski definition) is 6. The molecule has 0 radical (unpaired) electrons. The number of aromatic hydroxyl groups is 1. The Labute approximate surface area is 158 Å². The number of benzene rings is 1. The van der Waals surface area contributed by atoms with Crippen LogP contribution < -0.4 is 11.1 Å². The number of hydrogen-bond donors (Lipinski definition) is 5. The lowest BCUT2D eigenvalue weighted by Gasteiger charge is -2.46. The maximum absolute atomic E-state index is 14.6. The van der Waals surface area contributed by atoms with Gasteiger partial charge in [-0.3, -0.25) is 5.41 Å². The predicted molar refractivity (Wildman–Crippen MR) is 108 cm³/mol. The molecule has 0 aliphatic carbocycles. The van der Waals surface area contributed by atoms with Crippen molar-refractivity contribution in [2.75, 3.05) is 0 Å². The van der Waals surface area contributed by atoms with Gasteiger partial charge in [-0.2, -0.15) is 0 Å². The van der Waals surface area contributed by atoms with E-state index in [0.29, 0.717) is 11.1 Å². The Morgan fingerprint density at radius 3 is 2.35 bits per heavy atom. The zero-order valence-corrected chi connectivity index (χ0v) is 16.4. The van der Waals surface area contributed by atoms with Crippen molar-refractivity contribution in [2.24, 2.45) is 5.73 Å². The van der Waals surface area contributed by atoms with E-state index in [1.807, 2.05) is 0 Å². The van der Waals surface area contributed by atoms with Gasteiger partial charge in [-0.15, -0.1) is 11.8 Å². The lowest BCUT2D eigenvalue weighted by molar-refractivity contribution is 0.189. The van der Waals surface area contributed by atoms with Crippen LogP contribution in [0.15, 0.2) is 18.3 Å². The number of halogens is 1. The van der Waals surface area contributed by atoms with Crippen LogP contribution >= 0.6 is 11.8 Å². The summed E-state index contributed by atoms with van der Waals surface area (Å²) in [6.45, 7) is 8.48. The van der Waals surface area contributed by atoms with Crippen LogP contribution in [0, 0.1) is 16.6 Å². The number of nitrogens with one attached hydrogen (secondary N) is 3. The molecule has 0 atom stereocenters. The molecule has 0 spiro atoms. The summed E-state index contributed by atoms with van der Waals surface area (Å²) in [6, 6.07) is 2.54. The van der Waals surface area contributed by atoms with Gasteiger partial charge in [0.05, 0.1) is 5.56 Å². The van der Waals surface area contributed by atoms with Gasteiger partial charge in [0.2, 0.25) is 0 Å². The van der Waals surface area contributed by atoms with Crippen molar-refractivity contribution in [3.8, 4) is 5.75 Å². The van der Waals surface area contributed by atoms with Gasteiger partial charge in [-0.05, 0) is 58.2 Å². The SMILES string of the molecule is CC1(C)CC(SC(=N)c2c(O)cc(/C(C=N)=C/N)cc2F)CC(C)(C)N1. The van der Waals surface area contributed by atoms with Gasteiger partial charge < -0.3 is 21.6 Å². The Balaban J connectivity index is 2.26. The van der Waals surface area contributed by atoms with Crippen LogP contribution in [-0.2, 0) is 0 Å². The fourth-order valence-corrected chi connectivity index (χ4v) is 5.40. The molecule has 26 heavy (non-hydrogen) atoms. The average Bonchev–Trinajstić information content (AvgIpc) is 2.44. The van der Waals surface area contributed by atoms with Crippen LogP contribution in [0.4, 0.5) is 4.39 Å². The first-order valence-electron chi connectivity index (χ1n) is 8.48. The molecule has 0 saturated carbocycles. The maximum atomic E-state index is 14.6. The van der Waals surface area contributed by atoms with Crippen molar-refractivity contribution < 1.29 is 9.50 Å². The molecular weight excluding hydrogens is 351 g/mol. The minimum atomic E-state index is -0.689. The summed E-state index contributed by atoms with van der Waals surface area (Å²) in [5.41, 5.74) is 5.77. The average molecular weight is 379 g/mol. The summed E-state index contributed by atoms with van der Waals surface area (Å²) in [5, 5.41) is 29.6. The number of allylic oxidation sites excluding steroid dienone is 1. The molecule has 1 heterocycles. The van der Waals surface area contributed by atoms with Gasteiger partial charge in [0, 0.05) is 34.3 Å². The summed E-state index contributed by atoms with van der Waals surface area (Å²) < 4.78 is 14.6. The molecule has 2 rings (SSSR count). The highest BCUT2D eigenvalue weighted by atomic mass is 32.2. The van der Waals surface area contributed by atoms with E-state index < -0.39 is 5.82 Å². The van der Waals surface area contributed by atoms with Crippen molar-refractivity contribution in [2.45, 2.75) is 56.9 Å². The van der Waals surface area contributed by atoms with E-state index in [1.165, 1.54) is 30.1 Å². The Morgan fingerprint density at radius 1 is 1.31 bits per heavy atom. The minimum Gasteiger partial charge on any atom is -0.507 e. The molecule has 0 aromatic heterocycles. The van der Waals surface area contributed by atoms with E-state index in [9.17, 15) is 9.50 Å². The molecular formula is C19H27FN4OS. The zero-order valence-electron chi connectivity index (χ0n) is 15.6. The predicted octanol–water partition coefficient (Wildman–Crippen LogP) is 3.85. The van der Waals surface area contributed by atoms with Crippen LogP contribution in [0.3, 0.4) is 0 Å². The second kappa shape index (κ2) is 7.40. The molecule has 1 aliphatic rings. The highest BCUT2D eigenvalue weighted by molar-refractivity contribution is 8.14. The molecule has 5 nitrogen and oxygen atoms in total. The van der Waals surface area contributed by atoms with E-state index in [4.69, 9.17) is 16.6 Å². The fourth-order valence-electron chi connectivity index (χ4n) is 3.75. The number of piperidine rings is 1. The first kappa shape index (κ1) is 20.5. The van der Waals surface area contributed by atoms with Crippen LogP contribution in [-0.4, -0.2) is 32.7 Å². The molecule has 1 aromatic carbocycles. The smallest absolute Gasteiger partial charge is 0.137 e. The number of phenols is 1. The molecule has 0 amide bonds. The van der Waals surface area contributed by atoms with E-state index in [1.54, 1.807) is 0 Å². The van der Waals surface area contributed by atoms with Gasteiger partial charge in [0.25, 0.3) is 0 Å². The topological polar surface area (TPSA) is 106 Å². The third kappa shape index (κ3) is 4.65. The highest BCUT2D eigenvalue weighted by Gasteiger charge is 2.38. The summed E-state index contributed by atoms with van der Waals surface area (Å²) in [4.78, 5) is 0. The molecule has 142 valence electrons. The quantitative estimate of drug-likeness (QED) is 0.405. The summed E-state index contributed by atoms with van der Waals surface area (Å²) in [6.07, 6.45) is 3.86.